The van der Waals surface area contributed by atoms with Gasteiger partial charge in [-0.25, -0.2) is 0 Å². The Labute approximate surface area is 358 Å². The molecule has 0 aliphatic heterocycles. The molecular weight excluding hydrogens is 719 g/mol. The van der Waals surface area contributed by atoms with Gasteiger partial charge < -0.3 is 20.3 Å². The van der Waals surface area contributed by atoms with Crippen LogP contribution in [0.5, 0.6) is 0 Å². The first-order valence-corrected chi connectivity index (χ1v) is 24.6. The molecule has 0 aliphatic carbocycles. The van der Waals surface area contributed by atoms with E-state index < -0.39 is 18.2 Å². The highest BCUT2D eigenvalue weighted by Gasteiger charge is 2.24. The van der Waals surface area contributed by atoms with E-state index in [1.54, 1.807) is 0 Å². The molecule has 0 aliphatic rings. The summed E-state index contributed by atoms with van der Waals surface area (Å²) in [5, 5.41) is 23.7. The minimum atomic E-state index is -0.805. The van der Waals surface area contributed by atoms with E-state index in [-0.39, 0.29) is 24.9 Å². The number of esters is 1. The Kier molecular flexibility index (Phi) is 43.7. The van der Waals surface area contributed by atoms with Gasteiger partial charge in [-0.2, -0.15) is 0 Å². The molecule has 0 saturated carbocycles. The van der Waals surface area contributed by atoms with E-state index in [1.165, 1.54) is 128 Å². The summed E-state index contributed by atoms with van der Waals surface area (Å²) in [6, 6.07) is -0.723. The molecule has 0 aromatic rings. The molecule has 0 aromatic heterocycles. The highest BCUT2D eigenvalue weighted by atomic mass is 16.5. The number of amides is 1. The fourth-order valence-electron chi connectivity index (χ4n) is 7.21. The van der Waals surface area contributed by atoms with E-state index >= 15 is 0 Å². The second-order valence-electron chi connectivity index (χ2n) is 16.6. The van der Waals surface area contributed by atoms with Gasteiger partial charge in [0.05, 0.1) is 25.2 Å². The fourth-order valence-corrected chi connectivity index (χ4v) is 7.21. The molecule has 0 aromatic carbocycles. The van der Waals surface area contributed by atoms with Gasteiger partial charge >= 0.3 is 5.97 Å². The molecule has 0 heterocycles. The maximum atomic E-state index is 13.1. The van der Waals surface area contributed by atoms with Crippen molar-refractivity contribution in [3.8, 4) is 0 Å². The molecule has 3 N–H and O–H groups in total. The molecule has 0 bridgehead atoms. The number of unbranched alkanes of at least 4 members (excludes halogenated alkanes) is 24. The van der Waals surface area contributed by atoms with Gasteiger partial charge in [0, 0.05) is 6.42 Å². The van der Waals surface area contributed by atoms with E-state index in [9.17, 15) is 19.8 Å². The highest BCUT2D eigenvalue weighted by Crippen LogP contribution is 2.17. The second-order valence-corrected chi connectivity index (χ2v) is 16.6. The fraction of sp³-hybridized carbons (Fsp3) is 0.769. The normalized spacial score (nSPS) is 13.8. The number of aliphatic hydroxyl groups excluding tert-OH is 2. The molecule has 0 spiro atoms. The first-order valence-electron chi connectivity index (χ1n) is 24.6. The third-order valence-corrected chi connectivity index (χ3v) is 10.9. The third-order valence-electron chi connectivity index (χ3n) is 10.9. The highest BCUT2D eigenvalue weighted by molar-refractivity contribution is 5.77. The Hall–Kier alpha value is -2.44. The summed E-state index contributed by atoms with van der Waals surface area (Å²) in [7, 11) is 0. The number of carbonyl (C=O) groups is 2. The van der Waals surface area contributed by atoms with E-state index in [1.807, 2.05) is 36.5 Å². The SMILES string of the molecule is CC/C=C/C=C/C=C\C=C/CCCC(CC(=O)NC(CO)C(O)CCCCCCCCCCCCCCC)OC(=O)CCCCCCCCC/C=C\CCCCCC. The average molecular weight is 812 g/mol. The van der Waals surface area contributed by atoms with Crippen molar-refractivity contribution in [2.45, 2.75) is 251 Å². The lowest BCUT2D eigenvalue weighted by Crippen LogP contribution is -2.46. The number of rotatable bonds is 43. The first-order chi connectivity index (χ1) is 28.5. The second kappa shape index (κ2) is 45.6. The van der Waals surface area contributed by atoms with Gasteiger partial charge in [0.25, 0.3) is 0 Å². The van der Waals surface area contributed by atoms with Crippen LogP contribution in [0.4, 0.5) is 0 Å². The van der Waals surface area contributed by atoms with Crippen molar-refractivity contribution in [3.05, 3.63) is 60.8 Å². The number of aliphatic hydroxyl groups is 2. The molecule has 6 nitrogen and oxygen atoms in total. The van der Waals surface area contributed by atoms with Crippen LogP contribution in [0.2, 0.25) is 0 Å². The molecule has 3 atom stereocenters. The van der Waals surface area contributed by atoms with Gasteiger partial charge in [0.1, 0.15) is 6.10 Å². The van der Waals surface area contributed by atoms with Crippen molar-refractivity contribution in [2.75, 3.05) is 6.61 Å². The van der Waals surface area contributed by atoms with Crippen molar-refractivity contribution in [3.63, 3.8) is 0 Å². The van der Waals surface area contributed by atoms with Crippen LogP contribution in [0.3, 0.4) is 0 Å². The first kappa shape index (κ1) is 55.6. The quantitative estimate of drug-likeness (QED) is 0.0247. The van der Waals surface area contributed by atoms with Crippen LogP contribution in [0.25, 0.3) is 0 Å². The maximum Gasteiger partial charge on any atom is 0.306 e. The number of hydrogen-bond donors (Lipinski definition) is 3. The minimum absolute atomic E-state index is 0.0292. The maximum absolute atomic E-state index is 13.1. The average Bonchev–Trinajstić information content (AvgIpc) is 3.22. The van der Waals surface area contributed by atoms with Crippen LogP contribution < -0.4 is 5.32 Å². The number of allylic oxidation sites excluding steroid dienone is 10. The Bertz CT molecular complexity index is 1050. The lowest BCUT2D eigenvalue weighted by Gasteiger charge is -2.24. The molecule has 6 heteroatoms. The molecule has 1 amide bonds. The lowest BCUT2D eigenvalue weighted by molar-refractivity contribution is -0.151. The zero-order valence-electron chi connectivity index (χ0n) is 38.2. The van der Waals surface area contributed by atoms with Crippen molar-refractivity contribution in [2.24, 2.45) is 0 Å². The van der Waals surface area contributed by atoms with Crippen molar-refractivity contribution in [1.29, 1.82) is 0 Å². The zero-order valence-corrected chi connectivity index (χ0v) is 38.2. The third kappa shape index (κ3) is 40.3. The number of hydrogen-bond acceptors (Lipinski definition) is 5. The Morgan fingerprint density at radius 3 is 1.50 bits per heavy atom. The summed E-state index contributed by atoms with van der Waals surface area (Å²) < 4.78 is 5.88. The van der Waals surface area contributed by atoms with E-state index in [0.717, 1.165) is 57.8 Å². The predicted octanol–water partition coefficient (Wildman–Crippen LogP) is 14.5. The van der Waals surface area contributed by atoms with Crippen LogP contribution in [-0.2, 0) is 14.3 Å². The van der Waals surface area contributed by atoms with Crippen LogP contribution in [0.15, 0.2) is 60.8 Å². The molecule has 0 rings (SSSR count). The predicted molar refractivity (Wildman–Crippen MR) is 250 cm³/mol. The summed E-state index contributed by atoms with van der Waals surface area (Å²) in [6.45, 7) is 6.30. The summed E-state index contributed by atoms with van der Waals surface area (Å²) in [4.78, 5) is 26.0. The van der Waals surface area contributed by atoms with Gasteiger partial charge in [-0.1, -0.05) is 216 Å². The number of nitrogens with one attached hydrogen (secondary N) is 1. The van der Waals surface area contributed by atoms with Crippen molar-refractivity contribution >= 4 is 11.9 Å². The number of carbonyl (C=O) groups excluding carboxylic acids is 2. The summed E-state index contributed by atoms with van der Waals surface area (Å²) >= 11 is 0. The Morgan fingerprint density at radius 2 is 0.966 bits per heavy atom. The smallest absolute Gasteiger partial charge is 0.306 e. The summed E-state index contributed by atoms with van der Waals surface area (Å²) in [5.74, 6) is -0.547. The van der Waals surface area contributed by atoms with Gasteiger partial charge in [-0.05, 0) is 64.2 Å². The topological polar surface area (TPSA) is 95.9 Å². The standard InChI is InChI=1S/C52H93NO5/c1-4-7-10-13-16-19-22-24-25-27-30-33-36-39-42-45-52(57)58-48(43-40-37-34-31-28-21-18-15-12-9-6-3)46-51(56)53-49(47-54)50(55)44-41-38-35-32-29-26-23-20-17-14-11-8-5-2/h9,12,15,18-19,21-22,28,31,34,48-50,54-55H,4-8,10-11,13-14,16-17,20,23-27,29-30,32-33,35-47H2,1-3H3,(H,53,56)/b12-9+,18-15+,22-19-,28-21-,34-31-. The molecule has 58 heavy (non-hydrogen) atoms. The van der Waals surface area contributed by atoms with Crippen LogP contribution in [0.1, 0.15) is 233 Å². The van der Waals surface area contributed by atoms with Crippen molar-refractivity contribution < 1.29 is 24.5 Å². The van der Waals surface area contributed by atoms with Gasteiger partial charge in [0.2, 0.25) is 5.91 Å². The summed E-state index contributed by atoms with van der Waals surface area (Å²) in [6.07, 6.45) is 55.7. The number of ether oxygens (including phenoxy) is 1. The van der Waals surface area contributed by atoms with E-state index in [0.29, 0.717) is 19.3 Å². The van der Waals surface area contributed by atoms with Crippen LogP contribution >= 0.6 is 0 Å². The summed E-state index contributed by atoms with van der Waals surface area (Å²) in [5.41, 5.74) is 0. The molecule has 3 unspecified atom stereocenters. The monoisotopic (exact) mass is 812 g/mol. The lowest BCUT2D eigenvalue weighted by atomic mass is 10.0. The molecule has 0 radical (unpaired) electrons. The van der Waals surface area contributed by atoms with Crippen LogP contribution in [-0.4, -0.2) is 46.9 Å². The van der Waals surface area contributed by atoms with Crippen LogP contribution in [0, 0.1) is 0 Å². The minimum Gasteiger partial charge on any atom is -0.462 e. The molecular formula is C52H93NO5. The van der Waals surface area contributed by atoms with E-state index in [4.69, 9.17) is 4.74 Å². The molecule has 336 valence electrons. The van der Waals surface area contributed by atoms with Gasteiger partial charge in [-0.15, -0.1) is 0 Å². The Balaban J connectivity index is 4.61. The van der Waals surface area contributed by atoms with E-state index in [2.05, 4.69) is 50.4 Å². The van der Waals surface area contributed by atoms with Gasteiger partial charge in [-0.3, -0.25) is 9.59 Å². The zero-order chi connectivity index (χ0) is 42.4. The molecule has 0 fully saturated rings. The van der Waals surface area contributed by atoms with Gasteiger partial charge in [0.15, 0.2) is 0 Å². The Morgan fingerprint density at radius 1 is 0.517 bits per heavy atom. The molecule has 0 saturated heterocycles. The largest absolute Gasteiger partial charge is 0.462 e. The van der Waals surface area contributed by atoms with Crippen molar-refractivity contribution in [1.82, 2.24) is 5.32 Å².